The summed E-state index contributed by atoms with van der Waals surface area (Å²) in [5.74, 6) is 0.261. The molecule has 3 aromatic rings. The second-order valence-corrected chi connectivity index (χ2v) is 8.66. The molecule has 0 atom stereocenters. The molecule has 31 heavy (non-hydrogen) atoms. The summed E-state index contributed by atoms with van der Waals surface area (Å²) >= 11 is 1.52. The third-order valence-electron chi connectivity index (χ3n) is 5.31. The number of hydrogen-bond donors (Lipinski definition) is 2. The molecule has 1 aromatic heterocycles. The second-order valence-electron chi connectivity index (χ2n) is 7.56. The Morgan fingerprint density at radius 2 is 1.65 bits per heavy atom. The molecule has 2 N–H and O–H groups in total. The lowest BCUT2D eigenvalue weighted by Gasteiger charge is -2.13. The van der Waals surface area contributed by atoms with Crippen LogP contribution >= 0.6 is 11.3 Å². The summed E-state index contributed by atoms with van der Waals surface area (Å²) < 4.78 is 5.55. The second kappa shape index (κ2) is 10.3. The summed E-state index contributed by atoms with van der Waals surface area (Å²) in [7, 11) is 0. The Morgan fingerprint density at radius 1 is 0.935 bits per heavy atom. The van der Waals surface area contributed by atoms with Gasteiger partial charge in [-0.3, -0.25) is 9.59 Å². The molecular weight excluding hydrogens is 408 g/mol. The van der Waals surface area contributed by atoms with Crippen LogP contribution in [0, 0.1) is 0 Å². The summed E-state index contributed by atoms with van der Waals surface area (Å²) in [5, 5.41) is 6.59. The van der Waals surface area contributed by atoms with E-state index < -0.39 is 0 Å². The Morgan fingerprint density at radius 3 is 2.42 bits per heavy atom. The monoisotopic (exact) mass is 434 g/mol. The van der Waals surface area contributed by atoms with Crippen molar-refractivity contribution < 1.29 is 14.3 Å². The van der Waals surface area contributed by atoms with Crippen molar-refractivity contribution in [2.75, 3.05) is 18.5 Å². The number of ether oxygens (including phenoxy) is 1. The smallest absolute Gasteiger partial charge is 0.262 e. The average molecular weight is 435 g/mol. The van der Waals surface area contributed by atoms with Crippen molar-refractivity contribution in [3.05, 3.63) is 82.2 Å². The van der Waals surface area contributed by atoms with Crippen molar-refractivity contribution in [3.63, 3.8) is 0 Å². The van der Waals surface area contributed by atoms with Crippen LogP contribution in [0.5, 0.6) is 5.75 Å². The van der Waals surface area contributed by atoms with Gasteiger partial charge in [-0.15, -0.1) is 11.3 Å². The van der Waals surface area contributed by atoms with E-state index in [1.54, 1.807) is 0 Å². The first-order chi connectivity index (χ1) is 15.2. The van der Waals surface area contributed by atoms with Gasteiger partial charge in [0.1, 0.15) is 10.8 Å². The lowest BCUT2D eigenvalue weighted by Crippen LogP contribution is -2.28. The van der Waals surface area contributed by atoms with E-state index in [-0.39, 0.29) is 18.4 Å². The predicted molar refractivity (Wildman–Crippen MR) is 124 cm³/mol. The zero-order chi connectivity index (χ0) is 21.5. The van der Waals surface area contributed by atoms with Gasteiger partial charge in [0, 0.05) is 11.4 Å². The number of fused-ring (bicyclic) bond motifs is 1. The molecule has 0 saturated heterocycles. The van der Waals surface area contributed by atoms with Gasteiger partial charge in [-0.2, -0.15) is 0 Å². The van der Waals surface area contributed by atoms with Crippen LogP contribution < -0.4 is 15.4 Å². The molecule has 160 valence electrons. The highest BCUT2D eigenvalue weighted by Crippen LogP contribution is 2.38. The number of hydrogen-bond acceptors (Lipinski definition) is 4. The van der Waals surface area contributed by atoms with Crippen molar-refractivity contribution in [1.29, 1.82) is 0 Å². The summed E-state index contributed by atoms with van der Waals surface area (Å²) in [6, 6.07) is 19.3. The van der Waals surface area contributed by atoms with Crippen LogP contribution in [0.1, 0.15) is 39.2 Å². The molecule has 0 spiro atoms. The van der Waals surface area contributed by atoms with Gasteiger partial charge >= 0.3 is 0 Å². The minimum Gasteiger partial charge on any atom is -0.484 e. The van der Waals surface area contributed by atoms with Crippen molar-refractivity contribution in [2.24, 2.45) is 0 Å². The fourth-order valence-corrected chi connectivity index (χ4v) is 5.08. The molecule has 0 fully saturated rings. The number of carbonyl (C=O) groups excluding carboxylic acids is 2. The van der Waals surface area contributed by atoms with E-state index in [9.17, 15) is 9.59 Å². The van der Waals surface area contributed by atoms with Gasteiger partial charge in [0.15, 0.2) is 6.61 Å². The van der Waals surface area contributed by atoms with Gasteiger partial charge in [0.2, 0.25) is 0 Å². The highest BCUT2D eigenvalue weighted by molar-refractivity contribution is 7.17. The van der Waals surface area contributed by atoms with Gasteiger partial charge in [-0.1, -0.05) is 48.5 Å². The maximum absolute atomic E-state index is 13.1. The van der Waals surface area contributed by atoms with Gasteiger partial charge in [0.05, 0.1) is 5.56 Å². The molecule has 0 aliphatic heterocycles. The number of aryl methyl sites for hydroxylation is 1. The van der Waals surface area contributed by atoms with Crippen LogP contribution in [0.25, 0.3) is 0 Å². The molecule has 6 heteroatoms. The molecule has 1 aliphatic rings. The minimum atomic E-state index is -0.263. The zero-order valence-corrected chi connectivity index (χ0v) is 18.2. The first-order valence-corrected chi connectivity index (χ1v) is 11.5. The summed E-state index contributed by atoms with van der Waals surface area (Å²) in [6.07, 6.45) is 4.79. The summed E-state index contributed by atoms with van der Waals surface area (Å²) in [6.45, 7) is 0.458. The standard InChI is InChI=1S/C25H26N2O3S/c28-22(17-30-19-11-5-2-6-12-19)27-25-23(20-13-7-8-14-21(20)31-25)24(29)26-16-15-18-9-3-1-4-10-18/h1-6,9-12H,7-8,13-17H2,(H,26,29)(H,27,28). The lowest BCUT2D eigenvalue weighted by atomic mass is 9.95. The van der Waals surface area contributed by atoms with Gasteiger partial charge < -0.3 is 15.4 Å². The molecule has 0 unspecified atom stereocenters. The third kappa shape index (κ3) is 5.52. The van der Waals surface area contributed by atoms with Crippen LogP contribution in [0.4, 0.5) is 5.00 Å². The maximum atomic E-state index is 13.1. The molecule has 1 aliphatic carbocycles. The molecule has 5 nitrogen and oxygen atoms in total. The van der Waals surface area contributed by atoms with Crippen LogP contribution in [0.2, 0.25) is 0 Å². The number of para-hydroxylation sites is 1. The van der Waals surface area contributed by atoms with Crippen molar-refractivity contribution in [2.45, 2.75) is 32.1 Å². The van der Waals surface area contributed by atoms with Crippen molar-refractivity contribution in [3.8, 4) is 5.75 Å². The van der Waals surface area contributed by atoms with E-state index in [0.717, 1.165) is 37.7 Å². The van der Waals surface area contributed by atoms with E-state index in [2.05, 4.69) is 22.8 Å². The Labute approximate surface area is 186 Å². The number of anilines is 1. The lowest BCUT2D eigenvalue weighted by molar-refractivity contribution is -0.118. The molecule has 4 rings (SSSR count). The van der Waals surface area contributed by atoms with Gasteiger partial charge in [0.25, 0.3) is 11.8 Å². The number of nitrogens with one attached hydrogen (secondary N) is 2. The minimum absolute atomic E-state index is 0.0956. The number of rotatable bonds is 8. The molecule has 0 bridgehead atoms. The predicted octanol–water partition coefficient (Wildman–Crippen LogP) is 4.62. The summed E-state index contributed by atoms with van der Waals surface area (Å²) in [4.78, 5) is 26.8. The number of thiophene rings is 1. The van der Waals surface area contributed by atoms with E-state index in [1.807, 2.05) is 48.5 Å². The molecule has 2 aromatic carbocycles. The quantitative estimate of drug-likeness (QED) is 0.544. The molecular formula is C25H26N2O3S. The molecule has 0 saturated carbocycles. The van der Waals surface area contributed by atoms with Crippen molar-refractivity contribution in [1.82, 2.24) is 5.32 Å². The number of benzene rings is 2. The Hall–Kier alpha value is -3.12. The molecule has 2 amide bonds. The Bertz CT molecular complexity index is 1030. The van der Waals surface area contributed by atoms with Crippen LogP contribution in [0.15, 0.2) is 60.7 Å². The first kappa shape index (κ1) is 21.1. The zero-order valence-electron chi connectivity index (χ0n) is 17.4. The highest BCUT2D eigenvalue weighted by Gasteiger charge is 2.26. The van der Waals surface area contributed by atoms with E-state index in [0.29, 0.717) is 22.9 Å². The van der Waals surface area contributed by atoms with E-state index in [1.165, 1.54) is 21.8 Å². The largest absolute Gasteiger partial charge is 0.484 e. The average Bonchev–Trinajstić information content (AvgIpc) is 3.17. The highest BCUT2D eigenvalue weighted by atomic mass is 32.1. The normalized spacial score (nSPS) is 12.6. The maximum Gasteiger partial charge on any atom is 0.262 e. The van der Waals surface area contributed by atoms with Gasteiger partial charge in [-0.05, 0) is 55.4 Å². The van der Waals surface area contributed by atoms with Gasteiger partial charge in [-0.25, -0.2) is 0 Å². The third-order valence-corrected chi connectivity index (χ3v) is 6.51. The van der Waals surface area contributed by atoms with Crippen LogP contribution in [-0.2, 0) is 24.1 Å². The molecule has 0 radical (unpaired) electrons. The fourth-order valence-electron chi connectivity index (χ4n) is 3.78. The Kier molecular flexibility index (Phi) is 6.99. The first-order valence-electron chi connectivity index (χ1n) is 10.6. The fraction of sp³-hybridized carbons (Fsp3) is 0.280. The number of amides is 2. The van der Waals surface area contributed by atoms with Crippen molar-refractivity contribution >= 4 is 28.2 Å². The molecule has 1 heterocycles. The SMILES string of the molecule is O=C(COc1ccccc1)Nc1sc2c(c1C(=O)NCCc1ccccc1)CCCC2. The Balaban J connectivity index is 1.42. The van der Waals surface area contributed by atoms with Crippen LogP contribution in [0.3, 0.4) is 0 Å². The van der Waals surface area contributed by atoms with E-state index in [4.69, 9.17) is 4.74 Å². The van der Waals surface area contributed by atoms with Crippen LogP contribution in [-0.4, -0.2) is 25.0 Å². The topological polar surface area (TPSA) is 67.4 Å². The van der Waals surface area contributed by atoms with E-state index >= 15 is 0 Å². The summed E-state index contributed by atoms with van der Waals surface area (Å²) in [5.41, 5.74) is 2.90. The number of carbonyl (C=O) groups is 2.